The zero-order valence-electron chi connectivity index (χ0n) is 22.6. The lowest BCUT2D eigenvalue weighted by molar-refractivity contribution is -0.137. The Morgan fingerprint density at radius 2 is 1.79 bits per heavy atom. The Morgan fingerprint density at radius 1 is 1.03 bits per heavy atom. The van der Waals surface area contributed by atoms with Crippen molar-refractivity contribution in [3.8, 4) is 22.6 Å². The third-order valence-corrected chi connectivity index (χ3v) is 7.46. The fourth-order valence-electron chi connectivity index (χ4n) is 5.27. The van der Waals surface area contributed by atoms with Crippen molar-refractivity contribution < 1.29 is 32.5 Å². The summed E-state index contributed by atoms with van der Waals surface area (Å²) in [6.45, 7) is 5.96. The van der Waals surface area contributed by atoms with E-state index in [1.807, 2.05) is 12.1 Å². The van der Waals surface area contributed by atoms with Crippen molar-refractivity contribution in [2.24, 2.45) is 5.41 Å². The second kappa shape index (κ2) is 11.6. The summed E-state index contributed by atoms with van der Waals surface area (Å²) in [4.78, 5) is 11.2. The van der Waals surface area contributed by atoms with Crippen LogP contribution in [0.15, 0.2) is 54.6 Å². The molecule has 39 heavy (non-hydrogen) atoms. The quantitative estimate of drug-likeness (QED) is 0.281. The SMILES string of the molecule is CC[C@@H](CC(=O)O)c1cc(F)cc(OCc2ccc(-c3cc(OC)ccc3F)c(C3=CCCC3(C)C)c2)c1F. The molecule has 0 fully saturated rings. The highest BCUT2D eigenvalue weighted by molar-refractivity contribution is 5.85. The van der Waals surface area contributed by atoms with Crippen LogP contribution in [0.3, 0.4) is 0 Å². The summed E-state index contributed by atoms with van der Waals surface area (Å²) in [6.07, 6.45) is 4.04. The number of hydrogen-bond donors (Lipinski definition) is 1. The van der Waals surface area contributed by atoms with Crippen molar-refractivity contribution in [2.75, 3.05) is 7.11 Å². The first-order valence-electron chi connectivity index (χ1n) is 13.1. The minimum Gasteiger partial charge on any atom is -0.497 e. The van der Waals surface area contributed by atoms with E-state index in [0.29, 0.717) is 28.9 Å². The van der Waals surface area contributed by atoms with Crippen molar-refractivity contribution >= 4 is 11.5 Å². The van der Waals surface area contributed by atoms with Crippen LogP contribution in [0.5, 0.6) is 11.5 Å². The number of carbonyl (C=O) groups is 1. The number of carboxylic acid groups (broad SMARTS) is 1. The van der Waals surface area contributed by atoms with E-state index in [-0.39, 0.29) is 35.6 Å². The number of carboxylic acids is 1. The van der Waals surface area contributed by atoms with Gasteiger partial charge in [-0.15, -0.1) is 0 Å². The average molecular weight is 539 g/mol. The van der Waals surface area contributed by atoms with Gasteiger partial charge in [0, 0.05) is 11.6 Å². The van der Waals surface area contributed by atoms with E-state index >= 15 is 8.78 Å². The van der Waals surface area contributed by atoms with Crippen LogP contribution in [0, 0.1) is 22.9 Å². The molecule has 0 unspecified atom stereocenters. The van der Waals surface area contributed by atoms with Crippen molar-refractivity contribution in [1.82, 2.24) is 0 Å². The van der Waals surface area contributed by atoms with Gasteiger partial charge in [0.1, 0.15) is 24.0 Å². The maximum atomic E-state index is 15.3. The monoisotopic (exact) mass is 538 g/mol. The van der Waals surface area contributed by atoms with Crippen LogP contribution in [-0.2, 0) is 11.4 Å². The molecular formula is C32H33F3O4. The van der Waals surface area contributed by atoms with Gasteiger partial charge in [-0.25, -0.2) is 13.2 Å². The van der Waals surface area contributed by atoms with E-state index in [2.05, 4.69) is 19.9 Å². The Morgan fingerprint density at radius 3 is 2.44 bits per heavy atom. The number of ether oxygens (including phenoxy) is 2. The van der Waals surface area contributed by atoms with Gasteiger partial charge in [0.05, 0.1) is 13.5 Å². The molecule has 0 spiro atoms. The van der Waals surface area contributed by atoms with Gasteiger partial charge in [-0.2, -0.15) is 0 Å². The van der Waals surface area contributed by atoms with Crippen molar-refractivity contribution in [3.05, 3.63) is 88.7 Å². The fourth-order valence-corrected chi connectivity index (χ4v) is 5.27. The zero-order chi connectivity index (χ0) is 28.3. The highest BCUT2D eigenvalue weighted by atomic mass is 19.1. The van der Waals surface area contributed by atoms with Crippen LogP contribution in [0.25, 0.3) is 16.7 Å². The van der Waals surface area contributed by atoms with Crippen molar-refractivity contribution in [2.45, 2.75) is 59.0 Å². The summed E-state index contributed by atoms with van der Waals surface area (Å²) in [5.41, 5.74) is 3.59. The van der Waals surface area contributed by atoms with Crippen molar-refractivity contribution in [1.29, 1.82) is 0 Å². The lowest BCUT2D eigenvalue weighted by atomic mass is 9.79. The minimum absolute atomic E-state index is 0.0164. The molecule has 4 rings (SSSR count). The first-order chi connectivity index (χ1) is 18.5. The van der Waals surface area contributed by atoms with E-state index in [1.165, 1.54) is 13.2 Å². The summed E-state index contributed by atoms with van der Waals surface area (Å²) < 4.78 is 55.8. The molecule has 0 saturated heterocycles. The third-order valence-electron chi connectivity index (χ3n) is 7.46. The molecule has 1 aliphatic carbocycles. The molecule has 0 aliphatic heterocycles. The highest BCUT2D eigenvalue weighted by Crippen LogP contribution is 2.47. The van der Waals surface area contributed by atoms with Gasteiger partial charge in [-0.1, -0.05) is 39.0 Å². The molecule has 0 bridgehead atoms. The molecule has 1 atom stereocenters. The number of aliphatic carboxylic acids is 1. The second-order valence-electron chi connectivity index (χ2n) is 10.6. The van der Waals surface area contributed by atoms with Gasteiger partial charge in [-0.3, -0.25) is 4.79 Å². The number of benzene rings is 3. The predicted molar refractivity (Wildman–Crippen MR) is 145 cm³/mol. The molecule has 0 aromatic heterocycles. The summed E-state index contributed by atoms with van der Waals surface area (Å²) in [6, 6.07) is 12.1. The summed E-state index contributed by atoms with van der Waals surface area (Å²) in [7, 11) is 1.53. The smallest absolute Gasteiger partial charge is 0.303 e. The molecule has 0 amide bonds. The van der Waals surface area contributed by atoms with Gasteiger partial charge in [0.25, 0.3) is 0 Å². The maximum absolute atomic E-state index is 15.3. The van der Waals surface area contributed by atoms with Crippen LogP contribution in [-0.4, -0.2) is 18.2 Å². The van der Waals surface area contributed by atoms with Gasteiger partial charge in [0.15, 0.2) is 11.6 Å². The Kier molecular flexibility index (Phi) is 8.38. The van der Waals surface area contributed by atoms with Crippen LogP contribution < -0.4 is 9.47 Å². The molecule has 0 saturated carbocycles. The Labute approximate surface area is 227 Å². The third kappa shape index (κ3) is 6.13. The van der Waals surface area contributed by atoms with Crippen LogP contribution >= 0.6 is 0 Å². The number of allylic oxidation sites excluding steroid dienone is 2. The van der Waals surface area contributed by atoms with Gasteiger partial charge >= 0.3 is 5.97 Å². The normalized spacial score (nSPS) is 15.1. The number of hydrogen-bond acceptors (Lipinski definition) is 3. The molecule has 206 valence electrons. The van der Waals surface area contributed by atoms with Crippen LogP contribution in [0.4, 0.5) is 13.2 Å². The van der Waals surface area contributed by atoms with Gasteiger partial charge in [-0.05, 0) is 88.8 Å². The molecule has 1 aliphatic rings. The molecule has 1 N–H and O–H groups in total. The molecule has 4 nitrogen and oxygen atoms in total. The number of rotatable bonds is 10. The maximum Gasteiger partial charge on any atom is 0.303 e. The Bertz CT molecular complexity index is 1410. The molecule has 3 aromatic carbocycles. The predicted octanol–water partition coefficient (Wildman–Crippen LogP) is 8.53. The molecule has 0 radical (unpaired) electrons. The molecule has 7 heteroatoms. The number of methoxy groups -OCH3 is 1. The topological polar surface area (TPSA) is 55.8 Å². The van der Waals surface area contributed by atoms with Gasteiger partial charge < -0.3 is 14.6 Å². The summed E-state index contributed by atoms with van der Waals surface area (Å²) >= 11 is 0. The molecular weight excluding hydrogens is 505 g/mol. The minimum atomic E-state index is -1.09. The highest BCUT2D eigenvalue weighted by Gasteiger charge is 2.30. The first kappa shape index (κ1) is 28.3. The molecule has 3 aromatic rings. The van der Waals surface area contributed by atoms with Crippen LogP contribution in [0.1, 0.15) is 69.1 Å². The molecule has 0 heterocycles. The van der Waals surface area contributed by atoms with E-state index in [0.717, 1.165) is 36.1 Å². The van der Waals surface area contributed by atoms with E-state index in [9.17, 15) is 14.3 Å². The summed E-state index contributed by atoms with van der Waals surface area (Å²) in [5.74, 6) is -3.35. The number of halogens is 3. The Balaban J connectivity index is 1.71. The Hall–Kier alpha value is -3.74. The first-order valence-corrected chi connectivity index (χ1v) is 13.1. The fraction of sp³-hybridized carbons (Fsp3) is 0.344. The lowest BCUT2D eigenvalue weighted by Gasteiger charge is -2.25. The summed E-state index contributed by atoms with van der Waals surface area (Å²) in [5, 5.41) is 9.18. The van der Waals surface area contributed by atoms with Gasteiger partial charge in [0.2, 0.25) is 0 Å². The lowest BCUT2D eigenvalue weighted by Crippen LogP contribution is -2.11. The van der Waals surface area contributed by atoms with E-state index in [1.54, 1.807) is 25.1 Å². The van der Waals surface area contributed by atoms with Crippen molar-refractivity contribution in [3.63, 3.8) is 0 Å². The van der Waals surface area contributed by atoms with E-state index < -0.39 is 23.5 Å². The van der Waals surface area contributed by atoms with E-state index in [4.69, 9.17) is 9.47 Å². The van der Waals surface area contributed by atoms with Crippen LogP contribution in [0.2, 0.25) is 0 Å². The average Bonchev–Trinajstić information content (AvgIpc) is 3.26. The zero-order valence-corrected chi connectivity index (χ0v) is 22.6. The largest absolute Gasteiger partial charge is 0.497 e. The standard InChI is InChI=1S/C32H33F3O4/c1-5-20(14-30(36)37)24-15-21(33)16-29(31(24)35)39-18-19-8-10-23(26-17-22(38-4)9-11-28(26)34)25(13-19)27-7-6-12-32(27,2)3/h7-11,13,15-17,20H,5-6,12,14,18H2,1-4H3,(H,36,37)/t20-/m0/s1. The second-order valence-corrected chi connectivity index (χ2v) is 10.6.